The van der Waals surface area contributed by atoms with Crippen LogP contribution < -0.4 is 15.2 Å². The molecule has 29 heavy (non-hydrogen) atoms. The Morgan fingerprint density at radius 2 is 1.86 bits per heavy atom. The van der Waals surface area contributed by atoms with Crippen LogP contribution in [0.4, 0.5) is 0 Å². The molecule has 5 rings (SSSR count). The third kappa shape index (κ3) is 3.87. The first-order valence-corrected chi connectivity index (χ1v) is 13.3. The number of amides is 1. The van der Waals surface area contributed by atoms with E-state index in [1.165, 1.54) is 12.8 Å². The van der Waals surface area contributed by atoms with Crippen LogP contribution in [0.1, 0.15) is 46.0 Å². The summed E-state index contributed by atoms with van der Waals surface area (Å²) in [5.74, 6) is 2.87. The molecule has 4 saturated carbocycles. The fourth-order valence-electron chi connectivity index (χ4n) is 5.94. The van der Waals surface area contributed by atoms with E-state index in [1.54, 1.807) is 7.11 Å². The van der Waals surface area contributed by atoms with Crippen molar-refractivity contribution < 1.29 is 19.1 Å². The van der Waals surface area contributed by atoms with E-state index in [-0.39, 0.29) is 15.9 Å². The molecule has 0 aromatic heterocycles. The first kappa shape index (κ1) is 21.2. The number of rotatable bonds is 7. The second-order valence-corrected chi connectivity index (χ2v) is 13.3. The van der Waals surface area contributed by atoms with E-state index in [4.69, 9.17) is 15.2 Å². The number of carbonyl (C=O) groups excluding carboxylic acids is 2. The van der Waals surface area contributed by atoms with Gasteiger partial charge in [0.05, 0.1) is 0 Å². The summed E-state index contributed by atoms with van der Waals surface area (Å²) in [6.07, 6.45) is 5.09. The Morgan fingerprint density at radius 1 is 1.21 bits per heavy atom. The Labute approximate surface area is 187 Å². The molecular formula is C22H29AsBrNO4. The monoisotopic (exact) mass is 525 g/mol. The zero-order valence-corrected chi connectivity index (χ0v) is 20.8. The van der Waals surface area contributed by atoms with Gasteiger partial charge in [-0.2, -0.15) is 0 Å². The maximum absolute atomic E-state index is 13.3. The van der Waals surface area contributed by atoms with Gasteiger partial charge in [0.25, 0.3) is 0 Å². The van der Waals surface area contributed by atoms with Crippen molar-refractivity contribution in [1.29, 1.82) is 0 Å². The molecule has 4 bridgehead atoms. The Bertz CT molecular complexity index is 826. The molecule has 4 aliphatic carbocycles. The Balaban J connectivity index is 1.45. The molecule has 1 aromatic rings. The molecule has 1 amide bonds. The first-order valence-electron chi connectivity index (χ1n) is 10.3. The Morgan fingerprint density at radius 3 is 2.41 bits per heavy atom. The zero-order valence-electron chi connectivity index (χ0n) is 17.2. The van der Waals surface area contributed by atoms with Gasteiger partial charge in [0, 0.05) is 0 Å². The summed E-state index contributed by atoms with van der Waals surface area (Å²) < 4.78 is 12.9. The van der Waals surface area contributed by atoms with Crippen LogP contribution in [0, 0.1) is 23.2 Å². The summed E-state index contributed by atoms with van der Waals surface area (Å²) in [5.41, 5.74) is 4.65. The number of nitrogens with two attached hydrogens (primary N) is 1. The summed E-state index contributed by atoms with van der Waals surface area (Å²) in [5, 5.41) is 0. The molecule has 4 aliphatic rings. The molecule has 1 aromatic carbocycles. The number of hydrogen-bond acceptors (Lipinski definition) is 4. The van der Waals surface area contributed by atoms with Gasteiger partial charge in [-0.3, -0.25) is 0 Å². The van der Waals surface area contributed by atoms with Gasteiger partial charge < -0.3 is 0 Å². The Kier molecular flexibility index (Phi) is 5.57. The van der Waals surface area contributed by atoms with Crippen molar-refractivity contribution in [3.63, 3.8) is 0 Å². The third-order valence-corrected chi connectivity index (χ3v) is 12.2. The van der Waals surface area contributed by atoms with E-state index in [1.807, 2.05) is 32.0 Å². The van der Waals surface area contributed by atoms with Crippen molar-refractivity contribution in [2.75, 3.05) is 7.11 Å². The minimum absolute atomic E-state index is 0.115. The van der Waals surface area contributed by atoms with Crippen molar-refractivity contribution in [2.45, 2.75) is 56.3 Å². The van der Waals surface area contributed by atoms with Gasteiger partial charge >= 0.3 is 188 Å². The number of primary amides is 1. The Hall–Kier alpha value is -1.00. The van der Waals surface area contributed by atoms with Crippen molar-refractivity contribution in [1.82, 2.24) is 0 Å². The normalized spacial score (nSPS) is 33.2. The van der Waals surface area contributed by atoms with Crippen molar-refractivity contribution in [3.8, 4) is 11.5 Å². The molecule has 158 valence electrons. The standard InChI is InChI=1S/C22H29AsBrNO4/c1-21(2,29-15-4-5-17(28-3)16(24)8-15)19(26)23-18-13-6-12-7-14(18)11-22(9-12,10-13)20(25)27/h4-5,8,12-14,18,23H,6-7,9-11H2,1-3H3,(H2,25,27). The van der Waals surface area contributed by atoms with Crippen molar-refractivity contribution >= 4 is 42.2 Å². The van der Waals surface area contributed by atoms with Crippen LogP contribution in [-0.2, 0) is 9.59 Å². The summed E-state index contributed by atoms with van der Waals surface area (Å²) in [4.78, 5) is 25.4. The second-order valence-electron chi connectivity index (χ2n) is 9.52. The molecular weight excluding hydrogens is 497 g/mol. The summed E-state index contributed by atoms with van der Waals surface area (Å²) in [6, 6.07) is 5.50. The topological polar surface area (TPSA) is 78.6 Å². The summed E-state index contributed by atoms with van der Waals surface area (Å²) in [7, 11) is 1.62. The SMILES string of the molecule is COc1ccc(OC(C)(C)C(=O)[AsH]C2C3CC4CC2CC(C(N)=O)(C4)C3)cc1Br. The van der Waals surface area contributed by atoms with E-state index >= 15 is 0 Å². The predicted molar refractivity (Wildman–Crippen MR) is 116 cm³/mol. The molecule has 0 heterocycles. The molecule has 0 aliphatic heterocycles. The predicted octanol–water partition coefficient (Wildman–Crippen LogP) is 3.68. The van der Waals surface area contributed by atoms with Crippen LogP contribution in [0.3, 0.4) is 0 Å². The molecule has 0 spiro atoms. The van der Waals surface area contributed by atoms with Crippen molar-refractivity contribution in [3.05, 3.63) is 22.7 Å². The van der Waals surface area contributed by atoms with Crippen molar-refractivity contribution in [2.24, 2.45) is 28.9 Å². The van der Waals surface area contributed by atoms with Gasteiger partial charge in [0.2, 0.25) is 0 Å². The van der Waals surface area contributed by atoms with Gasteiger partial charge in [0.1, 0.15) is 0 Å². The van der Waals surface area contributed by atoms with E-state index in [9.17, 15) is 9.59 Å². The molecule has 5 nitrogen and oxygen atoms in total. The molecule has 3 atom stereocenters. The summed E-state index contributed by atoms with van der Waals surface area (Å²) in [6.45, 7) is 3.75. The van der Waals surface area contributed by atoms with Gasteiger partial charge in [-0.25, -0.2) is 0 Å². The summed E-state index contributed by atoms with van der Waals surface area (Å²) >= 11 is 2.61. The molecule has 7 heteroatoms. The van der Waals surface area contributed by atoms with Crippen LogP contribution in [0.2, 0.25) is 4.71 Å². The molecule has 2 N–H and O–H groups in total. The number of hydrogen-bond donors (Lipinski definition) is 1. The number of halogens is 1. The minimum atomic E-state index is -0.859. The average molecular weight is 526 g/mol. The first-order chi connectivity index (χ1) is 13.6. The van der Waals surface area contributed by atoms with E-state index in [2.05, 4.69) is 15.9 Å². The fraction of sp³-hybridized carbons (Fsp3) is 0.636. The van der Waals surface area contributed by atoms with Gasteiger partial charge in [-0.05, 0) is 0 Å². The zero-order chi connectivity index (χ0) is 21.0. The van der Waals surface area contributed by atoms with Crippen LogP contribution in [0.5, 0.6) is 11.5 Å². The number of carbonyl (C=O) groups is 2. The van der Waals surface area contributed by atoms with Gasteiger partial charge in [-0.1, -0.05) is 0 Å². The third-order valence-electron chi connectivity index (χ3n) is 7.14. The molecule has 0 radical (unpaired) electrons. The van der Waals surface area contributed by atoms with E-state index in [0.29, 0.717) is 28.2 Å². The van der Waals surface area contributed by atoms with E-state index < -0.39 is 21.4 Å². The quantitative estimate of drug-likeness (QED) is 0.551. The molecule has 0 saturated heterocycles. The van der Waals surface area contributed by atoms with Crippen LogP contribution in [0.25, 0.3) is 0 Å². The van der Waals surface area contributed by atoms with Crippen LogP contribution in [0.15, 0.2) is 22.7 Å². The number of methoxy groups -OCH3 is 1. The number of ether oxygens (including phenoxy) is 2. The fourth-order valence-corrected chi connectivity index (χ4v) is 9.98. The molecule has 3 unspecified atom stereocenters. The van der Waals surface area contributed by atoms with E-state index in [0.717, 1.165) is 29.5 Å². The molecule has 4 fully saturated rings. The van der Waals surface area contributed by atoms with Crippen LogP contribution >= 0.6 is 15.9 Å². The van der Waals surface area contributed by atoms with Gasteiger partial charge in [0.15, 0.2) is 0 Å². The van der Waals surface area contributed by atoms with Gasteiger partial charge in [-0.15, -0.1) is 0 Å². The maximum atomic E-state index is 13.3. The average Bonchev–Trinajstić information content (AvgIpc) is 2.63. The number of benzene rings is 1. The second kappa shape index (κ2) is 7.60. The van der Waals surface area contributed by atoms with Crippen LogP contribution in [-0.4, -0.2) is 38.9 Å².